The summed E-state index contributed by atoms with van der Waals surface area (Å²) >= 11 is 6.11. The first kappa shape index (κ1) is 22.1. The van der Waals surface area contributed by atoms with Crippen molar-refractivity contribution in [2.24, 2.45) is 0 Å². The van der Waals surface area contributed by atoms with Gasteiger partial charge in [0.05, 0.1) is 5.69 Å². The van der Waals surface area contributed by atoms with E-state index in [-0.39, 0.29) is 5.57 Å². The minimum Gasteiger partial charge on any atom is -0.487 e. The molecule has 0 bridgehead atoms. The molecular formula is C25H22ClN3O2. The Morgan fingerprint density at radius 1 is 1.16 bits per heavy atom. The average molecular weight is 432 g/mol. The van der Waals surface area contributed by atoms with Crippen molar-refractivity contribution in [2.75, 3.05) is 5.32 Å². The van der Waals surface area contributed by atoms with E-state index in [0.717, 1.165) is 33.7 Å². The monoisotopic (exact) mass is 431 g/mol. The van der Waals surface area contributed by atoms with Crippen molar-refractivity contribution in [3.8, 4) is 11.8 Å². The number of carbonyl (C=O) groups is 1. The molecule has 5 nitrogen and oxygen atoms in total. The third kappa shape index (κ3) is 5.50. The van der Waals surface area contributed by atoms with Crippen molar-refractivity contribution in [3.05, 3.63) is 93.3 Å². The van der Waals surface area contributed by atoms with Gasteiger partial charge in [-0.2, -0.15) is 5.26 Å². The number of pyridine rings is 1. The highest BCUT2D eigenvalue weighted by Crippen LogP contribution is 2.27. The Morgan fingerprint density at radius 3 is 2.55 bits per heavy atom. The summed E-state index contributed by atoms with van der Waals surface area (Å²) in [7, 11) is 0. The van der Waals surface area contributed by atoms with Crippen molar-refractivity contribution in [1.82, 2.24) is 4.98 Å². The van der Waals surface area contributed by atoms with Crippen LogP contribution in [0.1, 0.15) is 27.9 Å². The van der Waals surface area contributed by atoms with Gasteiger partial charge in [0.25, 0.3) is 5.91 Å². The van der Waals surface area contributed by atoms with Crippen LogP contribution in [0.5, 0.6) is 5.75 Å². The van der Waals surface area contributed by atoms with Gasteiger partial charge in [0.2, 0.25) is 0 Å². The molecule has 2 aromatic carbocycles. The van der Waals surface area contributed by atoms with Crippen LogP contribution >= 0.6 is 11.6 Å². The predicted octanol–water partition coefficient (Wildman–Crippen LogP) is 5.78. The lowest BCUT2D eigenvalue weighted by Gasteiger charge is -2.13. The zero-order chi connectivity index (χ0) is 22.4. The van der Waals surface area contributed by atoms with Gasteiger partial charge in [-0.15, -0.1) is 0 Å². The number of benzene rings is 2. The molecule has 0 saturated carbocycles. The number of hydrogen-bond acceptors (Lipinski definition) is 4. The Kier molecular flexibility index (Phi) is 7.07. The molecule has 0 aliphatic carbocycles. The highest BCUT2D eigenvalue weighted by molar-refractivity contribution is 6.31. The van der Waals surface area contributed by atoms with Gasteiger partial charge in [0.1, 0.15) is 24.0 Å². The zero-order valence-electron chi connectivity index (χ0n) is 17.6. The average Bonchev–Trinajstić information content (AvgIpc) is 2.75. The third-order valence-electron chi connectivity index (χ3n) is 4.77. The summed E-state index contributed by atoms with van der Waals surface area (Å²) in [6.45, 7) is 6.03. The summed E-state index contributed by atoms with van der Waals surface area (Å²) in [4.78, 5) is 16.9. The van der Waals surface area contributed by atoms with Crippen molar-refractivity contribution in [3.63, 3.8) is 0 Å². The summed E-state index contributed by atoms with van der Waals surface area (Å²) in [5.74, 6) is 0.277. The number of hydrogen-bond donors (Lipinski definition) is 1. The fourth-order valence-electron chi connectivity index (χ4n) is 3.17. The first-order chi connectivity index (χ1) is 14.9. The lowest BCUT2D eigenvalue weighted by Crippen LogP contribution is -2.14. The fraction of sp³-hybridized carbons (Fsp3) is 0.160. The normalized spacial score (nSPS) is 11.0. The van der Waals surface area contributed by atoms with E-state index in [9.17, 15) is 10.1 Å². The maximum Gasteiger partial charge on any atom is 0.266 e. The summed E-state index contributed by atoms with van der Waals surface area (Å²) < 4.78 is 5.95. The van der Waals surface area contributed by atoms with Crippen LogP contribution in [0, 0.1) is 32.1 Å². The smallest absolute Gasteiger partial charge is 0.266 e. The van der Waals surface area contributed by atoms with Crippen LogP contribution in [-0.2, 0) is 11.4 Å². The van der Waals surface area contributed by atoms with E-state index in [2.05, 4.69) is 10.3 Å². The minimum atomic E-state index is -0.487. The molecule has 1 aromatic heterocycles. The van der Waals surface area contributed by atoms with Crippen LogP contribution in [0.3, 0.4) is 0 Å². The lowest BCUT2D eigenvalue weighted by molar-refractivity contribution is -0.112. The molecule has 31 heavy (non-hydrogen) atoms. The number of anilines is 1. The quantitative estimate of drug-likeness (QED) is 0.396. The van der Waals surface area contributed by atoms with E-state index >= 15 is 0 Å². The van der Waals surface area contributed by atoms with Crippen molar-refractivity contribution in [2.45, 2.75) is 27.4 Å². The number of ether oxygens (including phenoxy) is 1. The summed E-state index contributed by atoms with van der Waals surface area (Å²) in [6, 6.07) is 16.7. The van der Waals surface area contributed by atoms with E-state index < -0.39 is 5.91 Å². The molecule has 0 atom stereocenters. The molecule has 0 unspecified atom stereocenters. The van der Waals surface area contributed by atoms with Crippen LogP contribution in [0.4, 0.5) is 5.69 Å². The third-order valence-corrected chi connectivity index (χ3v) is 5.17. The van der Waals surface area contributed by atoms with Gasteiger partial charge in [0, 0.05) is 16.9 Å². The van der Waals surface area contributed by atoms with E-state index in [0.29, 0.717) is 17.3 Å². The predicted molar refractivity (Wildman–Crippen MR) is 123 cm³/mol. The molecule has 0 aliphatic heterocycles. The fourth-order valence-corrected chi connectivity index (χ4v) is 3.35. The summed E-state index contributed by atoms with van der Waals surface area (Å²) in [5.41, 5.74) is 4.72. The highest BCUT2D eigenvalue weighted by Gasteiger charge is 2.13. The van der Waals surface area contributed by atoms with Crippen LogP contribution in [0.15, 0.2) is 60.3 Å². The number of amides is 1. The van der Waals surface area contributed by atoms with Crippen molar-refractivity contribution >= 4 is 29.3 Å². The maximum absolute atomic E-state index is 12.6. The number of aryl methyl sites for hydroxylation is 2. The molecule has 0 saturated heterocycles. The second-order valence-electron chi connectivity index (χ2n) is 7.13. The molecule has 0 radical (unpaired) electrons. The number of rotatable bonds is 6. The Bertz CT molecular complexity index is 1160. The van der Waals surface area contributed by atoms with Crippen LogP contribution in [0.25, 0.3) is 6.08 Å². The molecule has 0 aliphatic rings. The molecule has 6 heteroatoms. The van der Waals surface area contributed by atoms with Gasteiger partial charge in [-0.1, -0.05) is 23.7 Å². The number of nitrogens with zero attached hydrogens (tertiary/aromatic N) is 2. The SMILES string of the molecule is Cc1cc(/C=C(\C#N)C(=O)Nc2cccc(Cl)c2C)cc(C)c1OCc1ccccn1. The Hall–Kier alpha value is -3.62. The second kappa shape index (κ2) is 9.92. The number of carbonyl (C=O) groups excluding carboxylic acids is 1. The van der Waals surface area contributed by atoms with Gasteiger partial charge in [-0.3, -0.25) is 9.78 Å². The molecular weight excluding hydrogens is 410 g/mol. The maximum atomic E-state index is 12.6. The standard InChI is InChI=1S/C25H22ClN3O2/c1-16-11-19(12-17(2)24(16)31-15-21-7-4-5-10-28-21)13-20(14-27)25(30)29-23-9-6-8-22(26)18(23)3/h4-13H,15H2,1-3H3,(H,29,30)/b20-13+. The first-order valence-electron chi connectivity index (χ1n) is 9.71. The van der Waals surface area contributed by atoms with Gasteiger partial charge in [0.15, 0.2) is 0 Å². The van der Waals surface area contributed by atoms with Crippen LogP contribution in [-0.4, -0.2) is 10.9 Å². The van der Waals surface area contributed by atoms with E-state index in [1.165, 1.54) is 0 Å². The van der Waals surface area contributed by atoms with Gasteiger partial charge >= 0.3 is 0 Å². The lowest BCUT2D eigenvalue weighted by atomic mass is 10.0. The zero-order valence-corrected chi connectivity index (χ0v) is 18.3. The van der Waals surface area contributed by atoms with Crippen LogP contribution < -0.4 is 10.1 Å². The Balaban J connectivity index is 1.80. The minimum absolute atomic E-state index is 0.000305. The second-order valence-corrected chi connectivity index (χ2v) is 7.54. The van der Waals surface area contributed by atoms with Gasteiger partial charge < -0.3 is 10.1 Å². The number of halogens is 1. The van der Waals surface area contributed by atoms with E-state index in [4.69, 9.17) is 16.3 Å². The topological polar surface area (TPSA) is 75.0 Å². The molecule has 0 fully saturated rings. The molecule has 3 rings (SSSR count). The molecule has 1 N–H and O–H groups in total. The summed E-state index contributed by atoms with van der Waals surface area (Å²) in [6.07, 6.45) is 3.30. The van der Waals surface area contributed by atoms with Crippen molar-refractivity contribution in [1.29, 1.82) is 5.26 Å². The molecule has 1 heterocycles. The molecule has 1 amide bonds. The number of nitriles is 1. The van der Waals surface area contributed by atoms with E-state index in [1.807, 2.05) is 57.2 Å². The van der Waals surface area contributed by atoms with E-state index in [1.54, 1.807) is 30.5 Å². The van der Waals surface area contributed by atoms with Gasteiger partial charge in [-0.25, -0.2) is 0 Å². The largest absolute Gasteiger partial charge is 0.487 e. The molecule has 0 spiro atoms. The van der Waals surface area contributed by atoms with Crippen molar-refractivity contribution < 1.29 is 9.53 Å². The Morgan fingerprint density at radius 2 is 1.90 bits per heavy atom. The molecule has 3 aromatic rings. The van der Waals surface area contributed by atoms with Crippen LogP contribution in [0.2, 0.25) is 5.02 Å². The summed E-state index contributed by atoms with van der Waals surface area (Å²) in [5, 5.41) is 12.8. The highest BCUT2D eigenvalue weighted by atomic mass is 35.5. The number of nitrogens with one attached hydrogen (secondary N) is 1. The number of aromatic nitrogens is 1. The molecule has 156 valence electrons. The Labute approximate surface area is 187 Å². The van der Waals surface area contributed by atoms with Gasteiger partial charge in [-0.05, 0) is 85.5 Å². The first-order valence-corrected chi connectivity index (χ1v) is 10.1.